The van der Waals surface area contributed by atoms with Gasteiger partial charge < -0.3 is 19.9 Å². The van der Waals surface area contributed by atoms with Gasteiger partial charge in [-0.05, 0) is 31.2 Å². The highest BCUT2D eigenvalue weighted by Gasteiger charge is 2.23. The molecule has 0 unspecified atom stereocenters. The smallest absolute Gasteiger partial charge is 0.409 e. The predicted octanol–water partition coefficient (Wildman–Crippen LogP) is 2.29. The molecule has 1 aliphatic rings. The van der Waals surface area contributed by atoms with Crippen molar-refractivity contribution >= 4 is 23.5 Å². The van der Waals surface area contributed by atoms with Crippen LogP contribution in [0.25, 0.3) is 0 Å². The highest BCUT2D eigenvalue weighted by molar-refractivity contribution is 6.02. The molecule has 2 heterocycles. The standard InChI is InChI=1S/C18H19F2N5O3/c1-2-28-18(27)25-9-7-24(8-10-25)16-6-5-15(22-23-16)17(26)21-14-4-3-12(19)11-13(14)20/h3-6,11H,2,7-10H2,1H3,(H,21,26). The van der Waals surface area contributed by atoms with Crippen molar-refractivity contribution in [2.75, 3.05) is 43.0 Å². The predicted molar refractivity (Wildman–Crippen MR) is 97.2 cm³/mol. The summed E-state index contributed by atoms with van der Waals surface area (Å²) in [6.45, 7) is 4.18. The maximum absolute atomic E-state index is 13.6. The van der Waals surface area contributed by atoms with Gasteiger partial charge in [0.2, 0.25) is 0 Å². The number of piperazine rings is 1. The fourth-order valence-corrected chi connectivity index (χ4v) is 2.73. The van der Waals surface area contributed by atoms with E-state index in [1.807, 2.05) is 4.90 Å². The van der Waals surface area contributed by atoms with E-state index in [1.54, 1.807) is 17.9 Å². The van der Waals surface area contributed by atoms with E-state index in [9.17, 15) is 18.4 Å². The Labute approximate surface area is 160 Å². The number of carbonyl (C=O) groups is 2. The van der Waals surface area contributed by atoms with E-state index in [0.717, 1.165) is 12.1 Å². The molecular formula is C18H19F2N5O3. The minimum absolute atomic E-state index is 0.00219. The molecule has 0 saturated carbocycles. The summed E-state index contributed by atoms with van der Waals surface area (Å²) >= 11 is 0. The van der Waals surface area contributed by atoms with Crippen molar-refractivity contribution in [1.82, 2.24) is 15.1 Å². The van der Waals surface area contributed by atoms with Crippen LogP contribution in [0.1, 0.15) is 17.4 Å². The number of hydrogen-bond acceptors (Lipinski definition) is 6. The molecule has 0 bridgehead atoms. The zero-order valence-corrected chi connectivity index (χ0v) is 15.2. The second kappa shape index (κ2) is 8.59. The largest absolute Gasteiger partial charge is 0.450 e. The van der Waals surface area contributed by atoms with E-state index in [1.165, 1.54) is 6.07 Å². The van der Waals surface area contributed by atoms with E-state index in [0.29, 0.717) is 44.7 Å². The monoisotopic (exact) mass is 391 g/mol. The van der Waals surface area contributed by atoms with Crippen LogP contribution in [-0.2, 0) is 4.74 Å². The number of ether oxygens (including phenoxy) is 1. The third-order valence-corrected chi connectivity index (χ3v) is 4.19. The van der Waals surface area contributed by atoms with Gasteiger partial charge in [-0.25, -0.2) is 13.6 Å². The van der Waals surface area contributed by atoms with Crippen LogP contribution in [0.3, 0.4) is 0 Å². The summed E-state index contributed by atoms with van der Waals surface area (Å²) in [4.78, 5) is 27.4. The molecule has 28 heavy (non-hydrogen) atoms. The van der Waals surface area contributed by atoms with Crippen molar-refractivity contribution in [3.8, 4) is 0 Å². The summed E-state index contributed by atoms with van der Waals surface area (Å²) in [5.74, 6) is -1.70. The Morgan fingerprint density at radius 1 is 1.11 bits per heavy atom. The Morgan fingerprint density at radius 2 is 1.86 bits per heavy atom. The Bertz CT molecular complexity index is 855. The maximum Gasteiger partial charge on any atom is 0.409 e. The van der Waals surface area contributed by atoms with Gasteiger partial charge in [0.05, 0.1) is 12.3 Å². The van der Waals surface area contributed by atoms with Gasteiger partial charge in [-0.3, -0.25) is 4.79 Å². The average molecular weight is 391 g/mol. The summed E-state index contributed by atoms with van der Waals surface area (Å²) in [7, 11) is 0. The summed E-state index contributed by atoms with van der Waals surface area (Å²) in [5, 5.41) is 10.2. The van der Waals surface area contributed by atoms with Crippen molar-refractivity contribution < 1.29 is 23.1 Å². The lowest BCUT2D eigenvalue weighted by molar-refractivity contribution is 0.101. The molecule has 1 aromatic carbocycles. The quantitative estimate of drug-likeness (QED) is 0.861. The Morgan fingerprint density at radius 3 is 2.46 bits per heavy atom. The maximum atomic E-state index is 13.6. The van der Waals surface area contributed by atoms with Crippen molar-refractivity contribution in [3.05, 3.63) is 47.7 Å². The zero-order valence-electron chi connectivity index (χ0n) is 15.2. The minimum atomic E-state index is -0.877. The third-order valence-electron chi connectivity index (χ3n) is 4.19. The van der Waals surface area contributed by atoms with Gasteiger partial charge >= 0.3 is 6.09 Å². The first-order valence-corrected chi connectivity index (χ1v) is 8.74. The van der Waals surface area contributed by atoms with E-state index in [2.05, 4.69) is 15.5 Å². The lowest BCUT2D eigenvalue weighted by Gasteiger charge is -2.34. The van der Waals surface area contributed by atoms with Crippen molar-refractivity contribution in [1.29, 1.82) is 0 Å². The molecular weight excluding hydrogens is 372 g/mol. The van der Waals surface area contributed by atoms with Crippen LogP contribution in [0.15, 0.2) is 30.3 Å². The highest BCUT2D eigenvalue weighted by Crippen LogP contribution is 2.17. The number of aromatic nitrogens is 2. The van der Waals surface area contributed by atoms with E-state index in [-0.39, 0.29) is 17.5 Å². The number of amides is 2. The van der Waals surface area contributed by atoms with Gasteiger partial charge in [0.1, 0.15) is 11.6 Å². The molecule has 2 aromatic rings. The van der Waals surface area contributed by atoms with Crippen LogP contribution in [0.4, 0.5) is 25.1 Å². The van der Waals surface area contributed by atoms with Crippen LogP contribution in [0.5, 0.6) is 0 Å². The molecule has 1 saturated heterocycles. The Balaban J connectivity index is 1.59. The number of halogens is 2. The molecule has 1 aliphatic heterocycles. The lowest BCUT2D eigenvalue weighted by atomic mass is 10.2. The first-order chi connectivity index (χ1) is 13.5. The number of rotatable bonds is 4. The van der Waals surface area contributed by atoms with Gasteiger partial charge in [0.15, 0.2) is 11.5 Å². The second-order valence-electron chi connectivity index (χ2n) is 6.03. The zero-order chi connectivity index (χ0) is 20.1. The molecule has 148 valence electrons. The van der Waals surface area contributed by atoms with Crippen LogP contribution in [0, 0.1) is 11.6 Å². The number of anilines is 2. The fraction of sp³-hybridized carbons (Fsp3) is 0.333. The first-order valence-electron chi connectivity index (χ1n) is 8.74. The van der Waals surface area contributed by atoms with Gasteiger partial charge in [-0.2, -0.15) is 0 Å². The van der Waals surface area contributed by atoms with Crippen molar-refractivity contribution in [2.45, 2.75) is 6.92 Å². The van der Waals surface area contributed by atoms with Crippen LogP contribution >= 0.6 is 0 Å². The third kappa shape index (κ3) is 4.51. The van der Waals surface area contributed by atoms with E-state index < -0.39 is 17.5 Å². The van der Waals surface area contributed by atoms with Crippen LogP contribution in [0.2, 0.25) is 0 Å². The molecule has 0 atom stereocenters. The Kier molecular flexibility index (Phi) is 5.97. The molecule has 8 nitrogen and oxygen atoms in total. The van der Waals surface area contributed by atoms with Gasteiger partial charge in [0.25, 0.3) is 5.91 Å². The van der Waals surface area contributed by atoms with Gasteiger partial charge in [-0.15, -0.1) is 10.2 Å². The topological polar surface area (TPSA) is 87.7 Å². The number of nitrogens with one attached hydrogen (secondary N) is 1. The van der Waals surface area contributed by atoms with Gasteiger partial charge in [0, 0.05) is 32.2 Å². The number of nitrogens with zero attached hydrogens (tertiary/aromatic N) is 4. The normalized spacial score (nSPS) is 14.0. The van der Waals surface area contributed by atoms with E-state index >= 15 is 0 Å². The molecule has 0 radical (unpaired) electrons. The first kappa shape index (κ1) is 19.5. The fourth-order valence-electron chi connectivity index (χ4n) is 2.73. The number of benzene rings is 1. The molecule has 1 N–H and O–H groups in total. The minimum Gasteiger partial charge on any atom is -0.450 e. The summed E-state index contributed by atoms with van der Waals surface area (Å²) in [5.41, 5.74) is -0.148. The molecule has 2 amide bonds. The molecule has 0 spiro atoms. The highest BCUT2D eigenvalue weighted by atomic mass is 19.1. The second-order valence-corrected chi connectivity index (χ2v) is 6.03. The SMILES string of the molecule is CCOC(=O)N1CCN(c2ccc(C(=O)Nc3ccc(F)cc3F)nn2)CC1. The number of carbonyl (C=O) groups excluding carboxylic acids is 2. The van der Waals surface area contributed by atoms with Crippen LogP contribution in [-0.4, -0.2) is 59.9 Å². The molecule has 3 rings (SSSR count). The summed E-state index contributed by atoms with van der Waals surface area (Å²) < 4.78 is 31.5. The Hall–Kier alpha value is -3.30. The van der Waals surface area contributed by atoms with Crippen molar-refractivity contribution in [3.63, 3.8) is 0 Å². The van der Waals surface area contributed by atoms with Crippen LogP contribution < -0.4 is 10.2 Å². The van der Waals surface area contributed by atoms with Gasteiger partial charge in [-0.1, -0.05) is 0 Å². The molecule has 0 aliphatic carbocycles. The lowest BCUT2D eigenvalue weighted by Crippen LogP contribution is -2.49. The molecule has 10 heteroatoms. The number of hydrogen-bond donors (Lipinski definition) is 1. The van der Waals surface area contributed by atoms with E-state index in [4.69, 9.17) is 4.74 Å². The molecule has 1 aromatic heterocycles. The van der Waals surface area contributed by atoms with Crippen molar-refractivity contribution in [2.24, 2.45) is 0 Å². The average Bonchev–Trinajstić information content (AvgIpc) is 2.70. The summed E-state index contributed by atoms with van der Waals surface area (Å²) in [6, 6.07) is 5.96. The summed E-state index contributed by atoms with van der Waals surface area (Å²) in [6.07, 6.45) is -0.340. The molecule has 1 fully saturated rings.